The molecule has 0 bridgehead atoms. The molecular weight excluding hydrogens is 240 g/mol. The van der Waals surface area contributed by atoms with Crippen molar-refractivity contribution in [3.8, 4) is 0 Å². The van der Waals surface area contributed by atoms with Crippen molar-refractivity contribution in [3.05, 3.63) is 35.9 Å². The number of hydrogen-bond acceptors (Lipinski definition) is 2. The van der Waals surface area contributed by atoms with Crippen LogP contribution in [-0.4, -0.2) is 24.4 Å². The minimum Gasteiger partial charge on any atom is -0.353 e. The molecule has 1 rings (SSSR count). The summed E-state index contributed by atoms with van der Waals surface area (Å²) in [5.74, 6) is 0.225. The van der Waals surface area contributed by atoms with E-state index in [0.29, 0.717) is 24.4 Å². The molecule has 0 spiro atoms. The minimum atomic E-state index is -0.148. The average molecular weight is 262 g/mol. The first kappa shape index (κ1) is 15.2. The van der Waals surface area contributed by atoms with Crippen LogP contribution in [0.3, 0.4) is 0 Å². The molecule has 1 atom stereocenters. The third-order valence-electron chi connectivity index (χ3n) is 3.06. The highest BCUT2D eigenvalue weighted by Gasteiger charge is 2.11. The van der Waals surface area contributed by atoms with Gasteiger partial charge in [-0.1, -0.05) is 32.0 Å². The molecule has 2 amide bonds. The van der Waals surface area contributed by atoms with Crippen molar-refractivity contribution in [2.75, 3.05) is 6.54 Å². The van der Waals surface area contributed by atoms with Gasteiger partial charge in [0.15, 0.2) is 0 Å². The van der Waals surface area contributed by atoms with Gasteiger partial charge in [0, 0.05) is 24.6 Å². The molecule has 2 N–H and O–H groups in total. The Balaban J connectivity index is 2.27. The van der Waals surface area contributed by atoms with Gasteiger partial charge in [-0.05, 0) is 25.0 Å². The fourth-order valence-corrected chi connectivity index (χ4v) is 1.47. The third-order valence-corrected chi connectivity index (χ3v) is 3.06. The van der Waals surface area contributed by atoms with Gasteiger partial charge in [0.05, 0.1) is 0 Å². The van der Waals surface area contributed by atoms with Crippen molar-refractivity contribution < 1.29 is 9.59 Å². The van der Waals surface area contributed by atoms with Crippen LogP contribution in [0.1, 0.15) is 37.6 Å². The van der Waals surface area contributed by atoms with Gasteiger partial charge < -0.3 is 10.6 Å². The van der Waals surface area contributed by atoms with Gasteiger partial charge in [-0.3, -0.25) is 9.59 Å². The summed E-state index contributed by atoms with van der Waals surface area (Å²) in [5, 5.41) is 5.64. The highest BCUT2D eigenvalue weighted by Crippen LogP contribution is 2.00. The van der Waals surface area contributed by atoms with Crippen molar-refractivity contribution in [2.24, 2.45) is 5.92 Å². The summed E-state index contributed by atoms with van der Waals surface area (Å²) in [4.78, 5) is 23.3. The first-order valence-corrected chi connectivity index (χ1v) is 6.63. The molecule has 0 heterocycles. The van der Waals surface area contributed by atoms with E-state index in [2.05, 4.69) is 24.5 Å². The van der Waals surface area contributed by atoms with Crippen molar-refractivity contribution in [1.82, 2.24) is 10.6 Å². The monoisotopic (exact) mass is 262 g/mol. The second-order valence-electron chi connectivity index (χ2n) is 4.97. The van der Waals surface area contributed by atoms with E-state index in [0.717, 1.165) is 0 Å². The van der Waals surface area contributed by atoms with Gasteiger partial charge >= 0.3 is 0 Å². The number of hydrogen-bond donors (Lipinski definition) is 2. The molecule has 104 valence electrons. The number of amides is 2. The van der Waals surface area contributed by atoms with E-state index in [4.69, 9.17) is 0 Å². The summed E-state index contributed by atoms with van der Waals surface area (Å²) in [5.41, 5.74) is 0.610. The Labute approximate surface area is 114 Å². The van der Waals surface area contributed by atoms with Gasteiger partial charge in [-0.25, -0.2) is 0 Å². The molecule has 1 aromatic carbocycles. The first-order valence-electron chi connectivity index (χ1n) is 6.63. The Bertz CT molecular complexity index is 415. The average Bonchev–Trinajstić information content (AvgIpc) is 2.39. The Morgan fingerprint density at radius 3 is 2.32 bits per heavy atom. The zero-order valence-electron chi connectivity index (χ0n) is 11.8. The molecule has 0 aliphatic heterocycles. The van der Waals surface area contributed by atoms with Gasteiger partial charge in [-0.2, -0.15) is 0 Å². The Hall–Kier alpha value is -1.84. The van der Waals surface area contributed by atoms with Crippen LogP contribution in [-0.2, 0) is 4.79 Å². The quantitative estimate of drug-likeness (QED) is 0.823. The molecule has 1 unspecified atom stereocenters. The molecule has 0 saturated carbocycles. The maximum absolute atomic E-state index is 11.7. The molecular formula is C15H22N2O2. The van der Waals surface area contributed by atoms with Crippen LogP contribution < -0.4 is 10.6 Å². The Morgan fingerprint density at radius 1 is 1.11 bits per heavy atom. The van der Waals surface area contributed by atoms with Crippen LogP contribution in [0.4, 0.5) is 0 Å². The summed E-state index contributed by atoms with van der Waals surface area (Å²) in [7, 11) is 0. The predicted octanol–water partition coefficient (Wildman–Crippen LogP) is 1.97. The molecule has 1 aromatic rings. The number of carbonyl (C=O) groups excluding carboxylic acids is 2. The standard InChI is InChI=1S/C15H22N2O2/c1-11(2)12(3)17-14(18)9-10-16-15(19)13-7-5-4-6-8-13/h4-8,11-12H,9-10H2,1-3H3,(H,16,19)(H,17,18). The summed E-state index contributed by atoms with van der Waals surface area (Å²) in [6.45, 7) is 6.44. The van der Waals surface area contributed by atoms with E-state index in [1.165, 1.54) is 0 Å². The zero-order chi connectivity index (χ0) is 14.3. The maximum atomic E-state index is 11.7. The summed E-state index contributed by atoms with van der Waals surface area (Å²) < 4.78 is 0. The van der Waals surface area contributed by atoms with Crippen molar-refractivity contribution in [2.45, 2.75) is 33.2 Å². The first-order chi connectivity index (χ1) is 9.00. The SMILES string of the molecule is CC(C)C(C)NC(=O)CCNC(=O)c1ccccc1. The fraction of sp³-hybridized carbons (Fsp3) is 0.467. The topological polar surface area (TPSA) is 58.2 Å². The van der Waals surface area contributed by atoms with E-state index < -0.39 is 0 Å². The second kappa shape index (κ2) is 7.56. The number of nitrogens with one attached hydrogen (secondary N) is 2. The predicted molar refractivity (Wildman–Crippen MR) is 75.8 cm³/mol. The molecule has 0 aliphatic rings. The molecule has 0 radical (unpaired) electrons. The lowest BCUT2D eigenvalue weighted by atomic mass is 10.1. The summed E-state index contributed by atoms with van der Waals surface area (Å²) in [6, 6.07) is 9.12. The third kappa shape index (κ3) is 5.55. The van der Waals surface area contributed by atoms with Crippen LogP contribution in [0, 0.1) is 5.92 Å². The van der Waals surface area contributed by atoms with Gasteiger partial charge in [0.25, 0.3) is 5.91 Å². The lowest BCUT2D eigenvalue weighted by Gasteiger charge is -2.17. The molecule has 0 aromatic heterocycles. The van der Waals surface area contributed by atoms with Gasteiger partial charge in [0.2, 0.25) is 5.91 Å². The Morgan fingerprint density at radius 2 is 1.74 bits per heavy atom. The van der Waals surface area contributed by atoms with E-state index in [-0.39, 0.29) is 17.9 Å². The largest absolute Gasteiger partial charge is 0.353 e. The van der Waals surface area contributed by atoms with Gasteiger partial charge in [0.1, 0.15) is 0 Å². The van der Waals surface area contributed by atoms with E-state index in [1.54, 1.807) is 12.1 Å². The van der Waals surface area contributed by atoms with Crippen LogP contribution in [0.25, 0.3) is 0 Å². The van der Waals surface area contributed by atoms with Crippen LogP contribution in [0.2, 0.25) is 0 Å². The summed E-state index contributed by atoms with van der Waals surface area (Å²) >= 11 is 0. The van der Waals surface area contributed by atoms with E-state index in [9.17, 15) is 9.59 Å². The van der Waals surface area contributed by atoms with Crippen LogP contribution in [0.5, 0.6) is 0 Å². The number of benzene rings is 1. The highest BCUT2D eigenvalue weighted by atomic mass is 16.2. The smallest absolute Gasteiger partial charge is 0.251 e. The van der Waals surface area contributed by atoms with Crippen molar-refractivity contribution >= 4 is 11.8 Å². The summed E-state index contributed by atoms with van der Waals surface area (Å²) in [6.07, 6.45) is 0.301. The van der Waals surface area contributed by atoms with E-state index >= 15 is 0 Å². The van der Waals surface area contributed by atoms with Crippen molar-refractivity contribution in [1.29, 1.82) is 0 Å². The lowest BCUT2D eigenvalue weighted by molar-refractivity contribution is -0.121. The fourth-order valence-electron chi connectivity index (χ4n) is 1.47. The van der Waals surface area contributed by atoms with Gasteiger partial charge in [-0.15, -0.1) is 0 Å². The molecule has 0 saturated heterocycles. The molecule has 0 aliphatic carbocycles. The van der Waals surface area contributed by atoms with E-state index in [1.807, 2.05) is 25.1 Å². The molecule has 4 heteroatoms. The van der Waals surface area contributed by atoms with Crippen LogP contribution >= 0.6 is 0 Å². The number of rotatable bonds is 6. The minimum absolute atomic E-state index is 0.0328. The van der Waals surface area contributed by atoms with Crippen LogP contribution in [0.15, 0.2) is 30.3 Å². The maximum Gasteiger partial charge on any atom is 0.251 e. The second-order valence-corrected chi connectivity index (χ2v) is 4.97. The normalized spacial score (nSPS) is 12.0. The molecule has 0 fully saturated rings. The molecule has 4 nitrogen and oxygen atoms in total. The number of carbonyl (C=O) groups is 2. The highest BCUT2D eigenvalue weighted by molar-refractivity contribution is 5.94. The Kier molecular flexibility index (Phi) is 6.06. The molecule has 19 heavy (non-hydrogen) atoms. The lowest BCUT2D eigenvalue weighted by Crippen LogP contribution is -2.38. The van der Waals surface area contributed by atoms with Crippen molar-refractivity contribution in [3.63, 3.8) is 0 Å². The zero-order valence-corrected chi connectivity index (χ0v) is 11.8.